The van der Waals surface area contributed by atoms with Crippen molar-refractivity contribution in [2.75, 3.05) is 0 Å². The second-order valence-corrected chi connectivity index (χ2v) is 4.71. The van der Waals surface area contributed by atoms with Crippen molar-refractivity contribution in [1.29, 1.82) is 0 Å². The van der Waals surface area contributed by atoms with E-state index in [0.29, 0.717) is 6.42 Å². The predicted octanol–water partition coefficient (Wildman–Crippen LogP) is 2.20. The Balaban J connectivity index is 2.43. The van der Waals surface area contributed by atoms with Gasteiger partial charge in [-0.05, 0) is 24.1 Å². The summed E-state index contributed by atoms with van der Waals surface area (Å²) in [5, 5.41) is 20.3. The number of phenols is 1. The maximum Gasteiger partial charge on any atom is 0.348 e. The molecule has 0 unspecified atom stereocenters. The van der Waals surface area contributed by atoms with Crippen molar-refractivity contribution in [3.8, 4) is 5.75 Å². The molecular weight excluding hydrogens is 319 g/mol. The molecule has 0 aliphatic rings. The fraction of sp³-hybridized carbons (Fsp3) is 0.154. The number of benzene rings is 1. The van der Waals surface area contributed by atoms with E-state index in [1.165, 1.54) is 12.1 Å². The van der Waals surface area contributed by atoms with Crippen molar-refractivity contribution in [3.63, 3.8) is 0 Å². The van der Waals surface area contributed by atoms with Crippen LogP contribution in [0, 0.1) is 0 Å². The van der Waals surface area contributed by atoms with Crippen LogP contribution in [0.2, 0.25) is 0 Å². The summed E-state index contributed by atoms with van der Waals surface area (Å²) in [4.78, 5) is 22.0. The third-order valence-corrected chi connectivity index (χ3v) is 3.09. The number of hydrogen-bond donors (Lipinski definition) is 3. The number of hydrogen-bond acceptors (Lipinski definition) is 4. The summed E-state index contributed by atoms with van der Waals surface area (Å²) in [7, 11) is 0. The van der Waals surface area contributed by atoms with Crippen molar-refractivity contribution >= 4 is 41.3 Å². The van der Waals surface area contributed by atoms with Crippen molar-refractivity contribution < 1.29 is 19.8 Å². The molecule has 0 spiro atoms. The van der Waals surface area contributed by atoms with Crippen LogP contribution in [0.4, 0.5) is 0 Å². The second kappa shape index (κ2) is 8.28. The zero-order valence-corrected chi connectivity index (χ0v) is 12.2. The normalized spacial score (nSPS) is 12.1. The molecule has 0 fully saturated rings. The Labute approximate surface area is 130 Å². The van der Waals surface area contributed by atoms with Crippen LogP contribution in [0.25, 0.3) is 0 Å². The molecule has 0 radical (unpaired) electrons. The standard InChI is InChI=1S/C13H12Cl2N2O4/c14-10(12(15)13(20)21)7-16-17-11(19)6-3-8-1-4-9(18)5-2-8/h1-2,4-5,7,18H,3,6H2,(H,17,19)(H,20,21)/b12-10-,16-7+. The van der Waals surface area contributed by atoms with E-state index < -0.39 is 11.0 Å². The van der Waals surface area contributed by atoms with E-state index in [9.17, 15) is 9.59 Å². The molecule has 112 valence electrons. The Kier molecular flexibility index (Phi) is 6.71. The molecule has 1 aromatic rings. The van der Waals surface area contributed by atoms with E-state index in [1.54, 1.807) is 12.1 Å². The SMILES string of the molecule is O=C(CCc1ccc(O)cc1)N/N=C/C(Cl)=C(/Cl)C(=O)O. The van der Waals surface area contributed by atoms with E-state index >= 15 is 0 Å². The number of aryl methyl sites for hydroxylation is 1. The Bertz CT molecular complexity index is 582. The first-order valence-electron chi connectivity index (χ1n) is 5.78. The number of rotatable bonds is 6. The molecule has 6 nitrogen and oxygen atoms in total. The lowest BCUT2D eigenvalue weighted by Crippen LogP contribution is -2.17. The van der Waals surface area contributed by atoms with Gasteiger partial charge in [-0.15, -0.1) is 0 Å². The zero-order chi connectivity index (χ0) is 15.8. The summed E-state index contributed by atoms with van der Waals surface area (Å²) in [5.41, 5.74) is 3.09. The fourth-order valence-corrected chi connectivity index (χ4v) is 1.47. The van der Waals surface area contributed by atoms with Gasteiger partial charge in [-0.3, -0.25) is 4.79 Å². The van der Waals surface area contributed by atoms with Gasteiger partial charge in [0.25, 0.3) is 0 Å². The number of hydrazone groups is 1. The molecule has 21 heavy (non-hydrogen) atoms. The Hall–Kier alpha value is -2.05. The number of carbonyl (C=O) groups excluding carboxylic acids is 1. The highest BCUT2D eigenvalue weighted by Crippen LogP contribution is 2.12. The molecule has 3 N–H and O–H groups in total. The minimum atomic E-state index is -1.38. The van der Waals surface area contributed by atoms with Gasteiger partial charge < -0.3 is 10.2 Å². The predicted molar refractivity (Wildman–Crippen MR) is 79.4 cm³/mol. The molecule has 0 heterocycles. The van der Waals surface area contributed by atoms with Crippen molar-refractivity contribution in [2.24, 2.45) is 5.10 Å². The fourth-order valence-electron chi connectivity index (χ4n) is 1.30. The molecule has 8 heteroatoms. The maximum absolute atomic E-state index is 11.5. The van der Waals surface area contributed by atoms with Gasteiger partial charge in [-0.25, -0.2) is 10.2 Å². The smallest absolute Gasteiger partial charge is 0.348 e. The average molecular weight is 331 g/mol. The minimum Gasteiger partial charge on any atom is -0.508 e. The lowest BCUT2D eigenvalue weighted by Gasteiger charge is -2.01. The van der Waals surface area contributed by atoms with E-state index in [-0.39, 0.29) is 23.1 Å². The van der Waals surface area contributed by atoms with Crippen LogP contribution in [0.15, 0.2) is 39.4 Å². The Morgan fingerprint density at radius 3 is 2.43 bits per heavy atom. The van der Waals surface area contributed by atoms with Crippen LogP contribution in [-0.4, -0.2) is 28.3 Å². The molecular formula is C13H12Cl2N2O4. The van der Waals surface area contributed by atoms with Crippen LogP contribution < -0.4 is 5.43 Å². The summed E-state index contributed by atoms with van der Waals surface area (Å²) in [6.07, 6.45) is 1.59. The highest BCUT2D eigenvalue weighted by atomic mass is 35.5. The van der Waals surface area contributed by atoms with Gasteiger partial charge in [0.15, 0.2) is 0 Å². The summed E-state index contributed by atoms with van der Waals surface area (Å²) < 4.78 is 0. The summed E-state index contributed by atoms with van der Waals surface area (Å²) >= 11 is 10.9. The van der Waals surface area contributed by atoms with Crippen LogP contribution in [-0.2, 0) is 16.0 Å². The third kappa shape index (κ3) is 6.29. The quantitative estimate of drug-likeness (QED) is 0.423. The van der Waals surface area contributed by atoms with E-state index in [2.05, 4.69) is 10.5 Å². The molecule has 0 atom stereocenters. The molecule has 0 saturated carbocycles. The number of carbonyl (C=O) groups is 2. The topological polar surface area (TPSA) is 99.0 Å². The van der Waals surface area contributed by atoms with Gasteiger partial charge >= 0.3 is 5.97 Å². The van der Waals surface area contributed by atoms with Crippen LogP contribution >= 0.6 is 23.2 Å². The number of nitrogens with one attached hydrogen (secondary N) is 1. The van der Waals surface area contributed by atoms with E-state index in [4.69, 9.17) is 33.4 Å². The highest BCUT2D eigenvalue weighted by Gasteiger charge is 2.08. The average Bonchev–Trinajstić information content (AvgIpc) is 2.45. The van der Waals surface area contributed by atoms with Gasteiger partial charge in [0.05, 0.1) is 11.2 Å². The number of carboxylic acid groups (broad SMARTS) is 1. The maximum atomic E-state index is 11.5. The molecule has 0 aliphatic carbocycles. The molecule has 0 aromatic heterocycles. The lowest BCUT2D eigenvalue weighted by molar-refractivity contribution is -0.131. The lowest BCUT2D eigenvalue weighted by atomic mass is 10.1. The van der Waals surface area contributed by atoms with E-state index in [0.717, 1.165) is 11.8 Å². The number of carboxylic acids is 1. The Morgan fingerprint density at radius 1 is 1.24 bits per heavy atom. The molecule has 0 bridgehead atoms. The van der Waals surface area contributed by atoms with Gasteiger partial charge in [-0.1, -0.05) is 35.3 Å². The van der Waals surface area contributed by atoms with Gasteiger partial charge in [-0.2, -0.15) is 5.10 Å². The van der Waals surface area contributed by atoms with Crippen molar-refractivity contribution in [2.45, 2.75) is 12.8 Å². The minimum absolute atomic E-state index is 0.157. The number of allylic oxidation sites excluding steroid dienone is 1. The first-order valence-corrected chi connectivity index (χ1v) is 6.54. The Morgan fingerprint density at radius 2 is 1.86 bits per heavy atom. The molecule has 1 rings (SSSR count). The van der Waals surface area contributed by atoms with Crippen molar-refractivity contribution in [3.05, 3.63) is 39.9 Å². The third-order valence-electron chi connectivity index (χ3n) is 2.34. The highest BCUT2D eigenvalue weighted by molar-refractivity contribution is 6.51. The molecule has 0 saturated heterocycles. The number of halogens is 2. The van der Waals surface area contributed by atoms with Gasteiger partial charge in [0.1, 0.15) is 10.8 Å². The molecule has 0 aliphatic heterocycles. The van der Waals surface area contributed by atoms with Crippen molar-refractivity contribution in [1.82, 2.24) is 5.43 Å². The van der Waals surface area contributed by atoms with E-state index in [1.807, 2.05) is 0 Å². The summed E-state index contributed by atoms with van der Waals surface area (Å²) in [6, 6.07) is 6.48. The largest absolute Gasteiger partial charge is 0.508 e. The first-order chi connectivity index (χ1) is 9.90. The number of amides is 1. The number of aromatic hydroxyl groups is 1. The summed E-state index contributed by atoms with van der Waals surface area (Å²) in [5.74, 6) is -1.59. The molecule has 1 amide bonds. The van der Waals surface area contributed by atoms with Crippen LogP contribution in [0.5, 0.6) is 5.75 Å². The zero-order valence-electron chi connectivity index (χ0n) is 10.7. The summed E-state index contributed by atoms with van der Waals surface area (Å²) in [6.45, 7) is 0. The molecule has 1 aromatic carbocycles. The van der Waals surface area contributed by atoms with Gasteiger partial charge in [0, 0.05) is 6.42 Å². The number of phenolic OH excluding ortho intramolecular Hbond substituents is 1. The second-order valence-electron chi connectivity index (χ2n) is 3.93. The van der Waals surface area contributed by atoms with Gasteiger partial charge in [0.2, 0.25) is 5.91 Å². The first kappa shape index (κ1) is 17.0. The van der Waals surface area contributed by atoms with Crippen LogP contribution in [0.3, 0.4) is 0 Å². The number of nitrogens with zero attached hydrogens (tertiary/aromatic N) is 1. The van der Waals surface area contributed by atoms with Crippen LogP contribution in [0.1, 0.15) is 12.0 Å². The number of aliphatic carboxylic acids is 1. The monoisotopic (exact) mass is 330 g/mol.